The average molecular weight is 410 g/mol. The molecular weight excluding hydrogens is 374 g/mol. The quantitative estimate of drug-likeness (QED) is 0.493. The number of hydrazone groups is 1. The van der Waals surface area contributed by atoms with Crippen LogP contribution in [0.5, 0.6) is 5.75 Å². The van der Waals surface area contributed by atoms with E-state index in [1.807, 2.05) is 55.4 Å². The predicted octanol–water partition coefficient (Wildman–Crippen LogP) is 5.00. The van der Waals surface area contributed by atoms with Crippen molar-refractivity contribution in [2.75, 3.05) is 25.6 Å². The number of nitrogens with zero attached hydrogens (tertiary/aromatic N) is 2. The van der Waals surface area contributed by atoms with Crippen LogP contribution in [0, 0.1) is 5.41 Å². The maximum absolute atomic E-state index is 12.0. The standard InChI is InChI=1S/C25H35N3O2/c1-24(2,3)18-25(4,5)20-10-14-22(15-11-20)30-17-23(29)27-26-16-19-8-12-21(13-9-19)28(6)7/h8-16H,17-18H2,1-7H3,(H,27,29). The van der Waals surface area contributed by atoms with E-state index in [1.165, 1.54) is 5.56 Å². The monoisotopic (exact) mass is 409 g/mol. The Morgan fingerprint density at radius 1 is 1.00 bits per heavy atom. The fourth-order valence-corrected chi connectivity index (χ4v) is 3.65. The lowest BCUT2D eigenvalue weighted by molar-refractivity contribution is -0.123. The lowest BCUT2D eigenvalue weighted by atomic mass is 9.72. The first-order chi connectivity index (χ1) is 14.0. The molecule has 2 aromatic rings. The molecule has 0 fully saturated rings. The molecule has 0 aliphatic carbocycles. The number of rotatable bonds is 8. The van der Waals surface area contributed by atoms with E-state index in [9.17, 15) is 4.79 Å². The van der Waals surface area contributed by atoms with E-state index in [-0.39, 0.29) is 23.3 Å². The van der Waals surface area contributed by atoms with Crippen molar-refractivity contribution in [2.24, 2.45) is 10.5 Å². The summed E-state index contributed by atoms with van der Waals surface area (Å²) in [5.41, 5.74) is 6.11. The highest BCUT2D eigenvalue weighted by Gasteiger charge is 2.27. The van der Waals surface area contributed by atoms with Gasteiger partial charge in [0.05, 0.1) is 6.21 Å². The normalized spacial score (nSPS) is 12.1. The van der Waals surface area contributed by atoms with Crippen LogP contribution in [-0.2, 0) is 10.2 Å². The summed E-state index contributed by atoms with van der Waals surface area (Å²) in [4.78, 5) is 14.0. The Hall–Kier alpha value is -2.82. The van der Waals surface area contributed by atoms with Crippen LogP contribution in [0.2, 0.25) is 0 Å². The third-order valence-electron chi connectivity index (χ3n) is 4.79. The molecule has 5 heteroatoms. The van der Waals surface area contributed by atoms with Gasteiger partial charge in [0.2, 0.25) is 0 Å². The number of hydrogen-bond donors (Lipinski definition) is 1. The van der Waals surface area contributed by atoms with Gasteiger partial charge in [-0.15, -0.1) is 0 Å². The third kappa shape index (κ3) is 7.54. The number of benzene rings is 2. The second-order valence-electron chi connectivity index (χ2n) is 9.71. The number of amides is 1. The highest BCUT2D eigenvalue weighted by atomic mass is 16.5. The molecule has 0 aliphatic heterocycles. The fraction of sp³-hybridized carbons (Fsp3) is 0.440. The molecule has 162 valence electrons. The molecule has 0 unspecified atom stereocenters. The molecule has 2 aromatic carbocycles. The Bertz CT molecular complexity index is 845. The number of carbonyl (C=O) groups excluding carboxylic acids is 1. The van der Waals surface area contributed by atoms with Gasteiger partial charge in [-0.25, -0.2) is 5.43 Å². The van der Waals surface area contributed by atoms with Crippen LogP contribution in [0.25, 0.3) is 0 Å². The van der Waals surface area contributed by atoms with Crippen molar-refractivity contribution < 1.29 is 9.53 Å². The van der Waals surface area contributed by atoms with Crippen LogP contribution in [0.15, 0.2) is 53.6 Å². The lowest BCUT2D eigenvalue weighted by Crippen LogP contribution is -2.25. The maximum atomic E-state index is 12.0. The Kier molecular flexibility index (Phi) is 7.65. The van der Waals surface area contributed by atoms with E-state index in [2.05, 4.69) is 57.3 Å². The molecule has 0 heterocycles. The SMILES string of the molecule is CN(C)c1ccc(C=NNC(=O)COc2ccc(C(C)(C)CC(C)(C)C)cc2)cc1. The minimum Gasteiger partial charge on any atom is -0.484 e. The van der Waals surface area contributed by atoms with Crippen LogP contribution in [0.4, 0.5) is 5.69 Å². The molecule has 1 N–H and O–H groups in total. The zero-order valence-corrected chi connectivity index (χ0v) is 19.3. The highest BCUT2D eigenvalue weighted by molar-refractivity contribution is 5.83. The number of carbonyl (C=O) groups is 1. The van der Waals surface area contributed by atoms with Crippen LogP contribution in [-0.4, -0.2) is 32.8 Å². The number of nitrogens with one attached hydrogen (secondary N) is 1. The molecule has 30 heavy (non-hydrogen) atoms. The summed E-state index contributed by atoms with van der Waals surface area (Å²) in [6.45, 7) is 11.2. The predicted molar refractivity (Wildman–Crippen MR) is 126 cm³/mol. The first-order valence-corrected chi connectivity index (χ1v) is 10.3. The molecular formula is C25H35N3O2. The molecule has 0 aromatic heterocycles. The van der Waals surface area contributed by atoms with Crippen molar-refractivity contribution in [1.82, 2.24) is 5.43 Å². The molecule has 1 amide bonds. The number of ether oxygens (including phenoxy) is 1. The van der Waals surface area contributed by atoms with Gasteiger partial charge in [0, 0.05) is 19.8 Å². The van der Waals surface area contributed by atoms with Crippen LogP contribution < -0.4 is 15.1 Å². The first kappa shape index (κ1) is 23.5. The first-order valence-electron chi connectivity index (χ1n) is 10.3. The van der Waals surface area contributed by atoms with E-state index in [4.69, 9.17) is 4.74 Å². The summed E-state index contributed by atoms with van der Waals surface area (Å²) in [5.74, 6) is 0.372. The second kappa shape index (κ2) is 9.79. The number of hydrogen-bond acceptors (Lipinski definition) is 4. The zero-order valence-electron chi connectivity index (χ0n) is 19.3. The Balaban J connectivity index is 1.83. The lowest BCUT2D eigenvalue weighted by Gasteiger charge is -2.33. The van der Waals surface area contributed by atoms with Crippen LogP contribution >= 0.6 is 0 Å². The van der Waals surface area contributed by atoms with Gasteiger partial charge in [-0.1, -0.05) is 58.9 Å². The summed E-state index contributed by atoms with van der Waals surface area (Å²) < 4.78 is 5.59. The molecule has 0 radical (unpaired) electrons. The number of anilines is 1. The van der Waals surface area contributed by atoms with Gasteiger partial charge >= 0.3 is 0 Å². The van der Waals surface area contributed by atoms with Crippen molar-refractivity contribution in [2.45, 2.75) is 46.5 Å². The van der Waals surface area contributed by atoms with Gasteiger partial charge < -0.3 is 9.64 Å². The van der Waals surface area contributed by atoms with E-state index < -0.39 is 0 Å². The van der Waals surface area contributed by atoms with Crippen molar-refractivity contribution >= 4 is 17.8 Å². The van der Waals surface area contributed by atoms with E-state index in [0.29, 0.717) is 5.75 Å². The van der Waals surface area contributed by atoms with Gasteiger partial charge in [0.15, 0.2) is 6.61 Å². The van der Waals surface area contributed by atoms with Crippen LogP contribution in [0.1, 0.15) is 52.2 Å². The molecule has 0 saturated heterocycles. The molecule has 0 spiro atoms. The summed E-state index contributed by atoms with van der Waals surface area (Å²) >= 11 is 0. The largest absolute Gasteiger partial charge is 0.484 e. The van der Waals surface area contributed by atoms with Gasteiger partial charge in [-0.3, -0.25) is 4.79 Å². The van der Waals surface area contributed by atoms with Crippen molar-refractivity contribution in [3.05, 3.63) is 59.7 Å². The van der Waals surface area contributed by atoms with Gasteiger partial charge in [-0.05, 0) is 52.6 Å². The molecule has 0 bridgehead atoms. The Labute approximate surface area is 181 Å². The molecule has 0 aliphatic rings. The van der Waals surface area contributed by atoms with Crippen LogP contribution in [0.3, 0.4) is 0 Å². The van der Waals surface area contributed by atoms with Gasteiger partial charge in [0.1, 0.15) is 5.75 Å². The van der Waals surface area contributed by atoms with Crippen molar-refractivity contribution in [3.8, 4) is 5.75 Å². The van der Waals surface area contributed by atoms with Crippen molar-refractivity contribution in [3.63, 3.8) is 0 Å². The molecule has 5 nitrogen and oxygen atoms in total. The third-order valence-corrected chi connectivity index (χ3v) is 4.79. The smallest absolute Gasteiger partial charge is 0.277 e. The summed E-state index contributed by atoms with van der Waals surface area (Å²) in [7, 11) is 3.98. The molecule has 0 atom stereocenters. The van der Waals surface area contributed by atoms with E-state index in [1.54, 1.807) is 6.21 Å². The summed E-state index contributed by atoms with van der Waals surface area (Å²) in [6, 6.07) is 15.9. The zero-order chi connectivity index (χ0) is 22.4. The second-order valence-corrected chi connectivity index (χ2v) is 9.71. The average Bonchev–Trinajstić information content (AvgIpc) is 2.65. The van der Waals surface area contributed by atoms with E-state index >= 15 is 0 Å². The van der Waals surface area contributed by atoms with E-state index in [0.717, 1.165) is 17.7 Å². The summed E-state index contributed by atoms with van der Waals surface area (Å²) in [5, 5.41) is 3.99. The summed E-state index contributed by atoms with van der Waals surface area (Å²) in [6.07, 6.45) is 2.70. The molecule has 0 saturated carbocycles. The fourth-order valence-electron chi connectivity index (χ4n) is 3.65. The highest BCUT2D eigenvalue weighted by Crippen LogP contribution is 2.36. The van der Waals surface area contributed by atoms with Crippen molar-refractivity contribution in [1.29, 1.82) is 0 Å². The van der Waals surface area contributed by atoms with Gasteiger partial charge in [0.25, 0.3) is 5.91 Å². The molecule has 2 rings (SSSR count). The topological polar surface area (TPSA) is 53.9 Å². The Morgan fingerprint density at radius 2 is 1.60 bits per heavy atom. The van der Waals surface area contributed by atoms with Gasteiger partial charge in [-0.2, -0.15) is 5.10 Å². The maximum Gasteiger partial charge on any atom is 0.277 e. The Morgan fingerprint density at radius 3 is 2.13 bits per heavy atom. The minimum atomic E-state index is -0.298. The minimum absolute atomic E-state index is 0.0770.